The number of carboxylic acid groups (broad SMARTS) is 1. The van der Waals surface area contributed by atoms with Gasteiger partial charge in [0.25, 0.3) is 0 Å². The Bertz CT molecular complexity index is 695. The number of hydrogen-bond donors (Lipinski definition) is 2. The van der Waals surface area contributed by atoms with E-state index < -0.39 is 11.9 Å². The molecule has 0 saturated heterocycles. The molecule has 0 amide bonds. The molecule has 5 nitrogen and oxygen atoms in total. The molecule has 3 rings (SSSR count). The van der Waals surface area contributed by atoms with Crippen molar-refractivity contribution in [1.82, 2.24) is 0 Å². The van der Waals surface area contributed by atoms with Crippen LogP contribution < -0.4 is 9.47 Å². The third kappa shape index (κ3) is 2.83. The van der Waals surface area contributed by atoms with E-state index in [1.165, 1.54) is 0 Å². The molecule has 1 unspecified atom stereocenters. The summed E-state index contributed by atoms with van der Waals surface area (Å²) in [6.07, 6.45) is 0.210. The second-order valence-corrected chi connectivity index (χ2v) is 5.13. The van der Waals surface area contributed by atoms with Crippen molar-refractivity contribution < 1.29 is 24.5 Å². The van der Waals surface area contributed by atoms with Gasteiger partial charge in [-0.3, -0.25) is 4.79 Å². The van der Waals surface area contributed by atoms with Gasteiger partial charge in [-0.2, -0.15) is 0 Å². The van der Waals surface area contributed by atoms with E-state index in [0.717, 1.165) is 0 Å². The molecule has 2 aromatic carbocycles. The van der Waals surface area contributed by atoms with Crippen LogP contribution in [0.5, 0.6) is 17.2 Å². The summed E-state index contributed by atoms with van der Waals surface area (Å²) in [4.78, 5) is 11.6. The molecule has 0 saturated carbocycles. The van der Waals surface area contributed by atoms with Crippen LogP contribution in [-0.4, -0.2) is 29.4 Å². The maximum absolute atomic E-state index is 11.6. The molecule has 0 radical (unpaired) electrons. The molecule has 0 fully saturated rings. The quantitative estimate of drug-likeness (QED) is 0.907. The van der Waals surface area contributed by atoms with Gasteiger partial charge in [-0.05, 0) is 35.7 Å². The third-order valence-electron chi connectivity index (χ3n) is 3.68. The Hall–Kier alpha value is -2.69. The summed E-state index contributed by atoms with van der Waals surface area (Å²) in [5.74, 6) is -0.413. The largest absolute Gasteiger partial charge is 0.508 e. The maximum atomic E-state index is 11.6. The Kier molecular flexibility index (Phi) is 3.87. The van der Waals surface area contributed by atoms with E-state index in [1.54, 1.807) is 42.5 Å². The van der Waals surface area contributed by atoms with Gasteiger partial charge in [-0.15, -0.1) is 0 Å². The molecule has 114 valence electrons. The zero-order valence-electron chi connectivity index (χ0n) is 11.9. The minimum Gasteiger partial charge on any atom is -0.508 e. The van der Waals surface area contributed by atoms with Crippen molar-refractivity contribution in [3.8, 4) is 17.2 Å². The summed E-state index contributed by atoms with van der Waals surface area (Å²) in [7, 11) is 0. The van der Waals surface area contributed by atoms with Crippen molar-refractivity contribution >= 4 is 5.97 Å². The van der Waals surface area contributed by atoms with Gasteiger partial charge in [0.2, 0.25) is 0 Å². The average Bonchev–Trinajstić information content (AvgIpc) is 2.53. The van der Waals surface area contributed by atoms with Crippen LogP contribution in [0.4, 0.5) is 0 Å². The van der Waals surface area contributed by atoms with Crippen LogP contribution in [-0.2, 0) is 11.2 Å². The molecule has 0 aromatic heterocycles. The van der Waals surface area contributed by atoms with Crippen LogP contribution in [0.1, 0.15) is 17.0 Å². The van der Waals surface area contributed by atoms with Gasteiger partial charge >= 0.3 is 5.97 Å². The first-order valence-corrected chi connectivity index (χ1v) is 7.04. The summed E-state index contributed by atoms with van der Waals surface area (Å²) in [5.41, 5.74) is 1.23. The van der Waals surface area contributed by atoms with Crippen LogP contribution in [0.15, 0.2) is 42.5 Å². The monoisotopic (exact) mass is 300 g/mol. The fourth-order valence-electron chi connectivity index (χ4n) is 2.53. The molecular formula is C17H16O5. The van der Waals surface area contributed by atoms with E-state index in [2.05, 4.69) is 0 Å². The van der Waals surface area contributed by atoms with Crippen molar-refractivity contribution in [2.45, 2.75) is 12.3 Å². The number of carbonyl (C=O) groups is 1. The summed E-state index contributed by atoms with van der Waals surface area (Å²) < 4.78 is 10.9. The van der Waals surface area contributed by atoms with Crippen molar-refractivity contribution in [3.05, 3.63) is 53.6 Å². The molecule has 1 aliphatic rings. The molecule has 5 heteroatoms. The van der Waals surface area contributed by atoms with Gasteiger partial charge in [0.15, 0.2) is 11.5 Å². The van der Waals surface area contributed by atoms with Crippen LogP contribution >= 0.6 is 0 Å². The number of hydrogen-bond acceptors (Lipinski definition) is 4. The lowest BCUT2D eigenvalue weighted by molar-refractivity contribution is -0.138. The van der Waals surface area contributed by atoms with E-state index in [9.17, 15) is 15.0 Å². The first-order valence-electron chi connectivity index (χ1n) is 7.04. The molecule has 1 aliphatic heterocycles. The van der Waals surface area contributed by atoms with E-state index in [1.807, 2.05) is 0 Å². The predicted octanol–water partition coefficient (Wildman–Crippen LogP) is 2.57. The number of fused-ring (bicyclic) bond motifs is 1. The van der Waals surface area contributed by atoms with Crippen LogP contribution in [0.25, 0.3) is 0 Å². The van der Waals surface area contributed by atoms with Crippen LogP contribution in [0, 0.1) is 0 Å². The smallest absolute Gasteiger partial charge is 0.311 e. The Labute approximate surface area is 127 Å². The number of rotatable bonds is 4. The minimum absolute atomic E-state index is 0.103. The Balaban J connectivity index is 1.91. The number of aromatic hydroxyl groups is 1. The third-order valence-corrected chi connectivity index (χ3v) is 3.68. The second kappa shape index (κ2) is 5.97. The van der Waals surface area contributed by atoms with Crippen molar-refractivity contribution in [2.75, 3.05) is 13.2 Å². The van der Waals surface area contributed by atoms with Crippen molar-refractivity contribution in [3.63, 3.8) is 0 Å². The van der Waals surface area contributed by atoms with Crippen LogP contribution in [0.2, 0.25) is 0 Å². The van der Waals surface area contributed by atoms with Gasteiger partial charge in [0.1, 0.15) is 19.0 Å². The Morgan fingerprint density at radius 2 is 1.82 bits per heavy atom. The van der Waals surface area contributed by atoms with Crippen LogP contribution in [0.3, 0.4) is 0 Å². The van der Waals surface area contributed by atoms with Gasteiger partial charge in [0.05, 0.1) is 5.92 Å². The highest BCUT2D eigenvalue weighted by Gasteiger charge is 2.24. The summed E-state index contributed by atoms with van der Waals surface area (Å²) >= 11 is 0. The number of benzene rings is 2. The summed E-state index contributed by atoms with van der Waals surface area (Å²) in [5, 5.41) is 19.4. The zero-order valence-corrected chi connectivity index (χ0v) is 11.9. The van der Waals surface area contributed by atoms with E-state index >= 15 is 0 Å². The molecule has 2 aromatic rings. The lowest BCUT2D eigenvalue weighted by atomic mass is 9.91. The first kappa shape index (κ1) is 14.3. The lowest BCUT2D eigenvalue weighted by Gasteiger charge is -2.21. The average molecular weight is 300 g/mol. The van der Waals surface area contributed by atoms with E-state index in [-0.39, 0.29) is 12.2 Å². The van der Waals surface area contributed by atoms with E-state index in [4.69, 9.17) is 9.47 Å². The number of para-hydroxylation sites is 1. The van der Waals surface area contributed by atoms with Crippen molar-refractivity contribution in [2.24, 2.45) is 0 Å². The summed E-state index contributed by atoms with van der Waals surface area (Å²) in [6, 6.07) is 11.9. The molecule has 22 heavy (non-hydrogen) atoms. The van der Waals surface area contributed by atoms with Gasteiger partial charge in [0, 0.05) is 0 Å². The first-order chi connectivity index (χ1) is 10.6. The highest BCUT2D eigenvalue weighted by molar-refractivity contribution is 5.77. The SMILES string of the molecule is O=C(O)C(Cc1ccccc1O)c1ccc2c(c1)OCCO2. The van der Waals surface area contributed by atoms with E-state index in [0.29, 0.717) is 35.8 Å². The lowest BCUT2D eigenvalue weighted by Crippen LogP contribution is -2.18. The highest BCUT2D eigenvalue weighted by atomic mass is 16.6. The fraction of sp³-hybridized carbons (Fsp3) is 0.235. The number of phenolic OH excluding ortho intramolecular Hbond substituents is 1. The predicted molar refractivity (Wildman–Crippen MR) is 79.6 cm³/mol. The molecule has 0 spiro atoms. The number of ether oxygens (including phenoxy) is 2. The topological polar surface area (TPSA) is 76.0 Å². The molecule has 2 N–H and O–H groups in total. The Morgan fingerprint density at radius 3 is 2.55 bits per heavy atom. The molecule has 0 aliphatic carbocycles. The fourth-order valence-corrected chi connectivity index (χ4v) is 2.53. The molecular weight excluding hydrogens is 284 g/mol. The molecule has 0 bridgehead atoms. The van der Waals surface area contributed by atoms with Gasteiger partial charge in [-0.25, -0.2) is 0 Å². The normalized spacial score (nSPS) is 14.4. The van der Waals surface area contributed by atoms with Gasteiger partial charge < -0.3 is 19.7 Å². The number of carboxylic acids is 1. The Morgan fingerprint density at radius 1 is 1.09 bits per heavy atom. The molecule has 1 heterocycles. The second-order valence-electron chi connectivity index (χ2n) is 5.13. The maximum Gasteiger partial charge on any atom is 0.311 e. The number of phenols is 1. The highest BCUT2D eigenvalue weighted by Crippen LogP contribution is 2.35. The standard InChI is InChI=1S/C17H16O5/c18-14-4-2-1-3-12(14)9-13(17(19)20)11-5-6-15-16(10-11)22-8-7-21-15/h1-6,10,13,18H,7-9H2,(H,19,20). The zero-order chi connectivity index (χ0) is 15.5. The number of aliphatic carboxylic acids is 1. The molecule has 1 atom stereocenters. The van der Waals surface area contributed by atoms with Gasteiger partial charge in [-0.1, -0.05) is 24.3 Å². The minimum atomic E-state index is -0.945. The van der Waals surface area contributed by atoms with Crippen molar-refractivity contribution in [1.29, 1.82) is 0 Å². The summed E-state index contributed by atoms with van der Waals surface area (Å²) in [6.45, 7) is 0.945.